The number of oxazole rings is 1. The predicted octanol–water partition coefficient (Wildman–Crippen LogP) is 1.51. The molecule has 0 bridgehead atoms. The van der Waals surface area contributed by atoms with Crippen molar-refractivity contribution in [3.63, 3.8) is 0 Å². The van der Waals surface area contributed by atoms with Crippen LogP contribution in [0.15, 0.2) is 10.5 Å². The summed E-state index contributed by atoms with van der Waals surface area (Å²) in [5, 5.41) is 3.54. The van der Waals surface area contributed by atoms with E-state index in [-0.39, 0.29) is 0 Å². The fourth-order valence-corrected chi connectivity index (χ4v) is 1.58. The lowest BCUT2D eigenvalue weighted by Gasteiger charge is -1.85. The molecule has 0 aliphatic heterocycles. The van der Waals surface area contributed by atoms with E-state index in [0.29, 0.717) is 6.01 Å². The molecule has 0 spiro atoms. The van der Waals surface area contributed by atoms with Gasteiger partial charge in [-0.2, -0.15) is 4.98 Å². The summed E-state index contributed by atoms with van der Waals surface area (Å²) >= 11 is 1.42. The van der Waals surface area contributed by atoms with Crippen LogP contribution in [0.1, 0.15) is 0 Å². The SMILES string of the molecule is CNc1nc2sc(N)cc2o1. The standard InChI is InChI=1S/C6H7N3OS/c1-8-6-9-5-3(10-6)2-4(7)11-5/h2H,7H2,1H3,(H,8,9). The van der Waals surface area contributed by atoms with Gasteiger partial charge in [-0.25, -0.2) is 0 Å². The van der Waals surface area contributed by atoms with Gasteiger partial charge in [0.15, 0.2) is 10.4 Å². The van der Waals surface area contributed by atoms with Gasteiger partial charge in [0.1, 0.15) is 0 Å². The second kappa shape index (κ2) is 2.13. The maximum atomic E-state index is 5.52. The Morgan fingerprint density at radius 1 is 1.73 bits per heavy atom. The number of hydrogen-bond acceptors (Lipinski definition) is 5. The van der Waals surface area contributed by atoms with E-state index in [1.54, 1.807) is 13.1 Å². The van der Waals surface area contributed by atoms with Gasteiger partial charge >= 0.3 is 0 Å². The number of nitrogens with two attached hydrogens (primary N) is 1. The first kappa shape index (κ1) is 6.48. The zero-order chi connectivity index (χ0) is 7.84. The van der Waals surface area contributed by atoms with Gasteiger partial charge in [-0.3, -0.25) is 0 Å². The normalized spacial score (nSPS) is 10.6. The minimum Gasteiger partial charge on any atom is -0.423 e. The summed E-state index contributed by atoms with van der Waals surface area (Å²) in [4.78, 5) is 4.95. The molecule has 0 aromatic carbocycles. The molecule has 4 nitrogen and oxygen atoms in total. The van der Waals surface area contributed by atoms with Crippen LogP contribution in [0.2, 0.25) is 0 Å². The minimum absolute atomic E-state index is 0.534. The molecular formula is C6H7N3OS. The number of thiophene rings is 1. The second-order valence-corrected chi connectivity index (χ2v) is 3.15. The van der Waals surface area contributed by atoms with Crippen LogP contribution < -0.4 is 11.1 Å². The first-order chi connectivity index (χ1) is 5.29. The minimum atomic E-state index is 0.534. The van der Waals surface area contributed by atoms with E-state index in [0.717, 1.165) is 15.4 Å². The van der Waals surface area contributed by atoms with E-state index in [1.807, 2.05) is 0 Å². The third kappa shape index (κ3) is 0.932. The van der Waals surface area contributed by atoms with Crippen LogP contribution in [-0.4, -0.2) is 12.0 Å². The highest BCUT2D eigenvalue weighted by atomic mass is 32.1. The van der Waals surface area contributed by atoms with Crippen molar-refractivity contribution >= 4 is 32.8 Å². The van der Waals surface area contributed by atoms with Gasteiger partial charge in [0, 0.05) is 13.1 Å². The third-order valence-electron chi connectivity index (χ3n) is 1.32. The van der Waals surface area contributed by atoms with E-state index < -0.39 is 0 Å². The van der Waals surface area contributed by atoms with E-state index in [4.69, 9.17) is 10.2 Å². The fourth-order valence-electron chi connectivity index (χ4n) is 0.860. The van der Waals surface area contributed by atoms with Gasteiger partial charge in [-0.15, -0.1) is 0 Å². The molecule has 5 heteroatoms. The number of hydrogen-bond donors (Lipinski definition) is 2. The molecule has 2 heterocycles. The van der Waals surface area contributed by atoms with Gasteiger partial charge in [0.2, 0.25) is 0 Å². The van der Waals surface area contributed by atoms with Crippen LogP contribution in [0.5, 0.6) is 0 Å². The summed E-state index contributed by atoms with van der Waals surface area (Å²) in [6, 6.07) is 2.31. The predicted molar refractivity (Wildman–Crippen MR) is 45.8 cm³/mol. The number of fused-ring (bicyclic) bond motifs is 1. The molecule has 2 aromatic heterocycles. The van der Waals surface area contributed by atoms with Crippen molar-refractivity contribution in [3.8, 4) is 0 Å². The van der Waals surface area contributed by atoms with Crippen molar-refractivity contribution < 1.29 is 4.42 Å². The number of rotatable bonds is 1. The monoisotopic (exact) mass is 169 g/mol. The van der Waals surface area contributed by atoms with Crippen LogP contribution in [0.3, 0.4) is 0 Å². The third-order valence-corrected chi connectivity index (χ3v) is 2.16. The highest BCUT2D eigenvalue weighted by Gasteiger charge is 2.06. The quantitative estimate of drug-likeness (QED) is 0.679. The van der Waals surface area contributed by atoms with Gasteiger partial charge < -0.3 is 15.5 Å². The van der Waals surface area contributed by atoms with E-state index in [2.05, 4.69) is 10.3 Å². The van der Waals surface area contributed by atoms with Crippen molar-refractivity contribution in [1.29, 1.82) is 0 Å². The maximum Gasteiger partial charge on any atom is 0.296 e. The first-order valence-corrected chi connectivity index (χ1v) is 3.95. The Hall–Kier alpha value is -1.23. The van der Waals surface area contributed by atoms with Gasteiger partial charge in [0.25, 0.3) is 6.01 Å². The molecule has 0 radical (unpaired) electrons. The Morgan fingerprint density at radius 2 is 2.55 bits per heavy atom. The lowest BCUT2D eigenvalue weighted by molar-refractivity contribution is 0.621. The van der Waals surface area contributed by atoms with Crippen LogP contribution >= 0.6 is 11.3 Å². The molecule has 0 unspecified atom stereocenters. The van der Waals surface area contributed by atoms with Crippen molar-refractivity contribution in [2.24, 2.45) is 0 Å². The lowest BCUT2D eigenvalue weighted by Crippen LogP contribution is -1.85. The lowest BCUT2D eigenvalue weighted by atomic mass is 10.6. The van der Waals surface area contributed by atoms with E-state index >= 15 is 0 Å². The molecule has 0 aliphatic carbocycles. The summed E-state index contributed by atoms with van der Waals surface area (Å²) in [7, 11) is 1.76. The number of aromatic nitrogens is 1. The van der Waals surface area contributed by atoms with Crippen LogP contribution in [0.4, 0.5) is 11.0 Å². The van der Waals surface area contributed by atoms with Crippen LogP contribution in [0.25, 0.3) is 10.4 Å². The molecule has 0 saturated heterocycles. The molecule has 2 rings (SSSR count). The Bertz CT molecular complexity index is 346. The number of anilines is 2. The zero-order valence-corrected chi connectivity index (χ0v) is 6.73. The fraction of sp³-hybridized carbons (Fsp3) is 0.167. The second-order valence-electron chi connectivity index (χ2n) is 2.09. The Morgan fingerprint density at radius 3 is 3.18 bits per heavy atom. The van der Waals surface area contributed by atoms with Crippen molar-refractivity contribution in [1.82, 2.24) is 4.98 Å². The van der Waals surface area contributed by atoms with E-state index in [9.17, 15) is 0 Å². The largest absolute Gasteiger partial charge is 0.423 e. The molecular weight excluding hydrogens is 162 g/mol. The topological polar surface area (TPSA) is 64.1 Å². The smallest absolute Gasteiger partial charge is 0.296 e. The Balaban J connectivity index is 2.64. The average Bonchev–Trinajstić information content (AvgIpc) is 2.43. The van der Waals surface area contributed by atoms with Crippen molar-refractivity contribution in [2.75, 3.05) is 18.1 Å². The van der Waals surface area contributed by atoms with Crippen LogP contribution in [-0.2, 0) is 0 Å². The molecule has 0 fully saturated rings. The summed E-state index contributed by atoms with van der Waals surface area (Å²) in [6.45, 7) is 0. The van der Waals surface area contributed by atoms with Gasteiger partial charge in [-0.05, 0) is 0 Å². The summed E-state index contributed by atoms with van der Waals surface area (Å²) in [5.41, 5.74) is 6.27. The first-order valence-electron chi connectivity index (χ1n) is 3.13. The Kier molecular flexibility index (Phi) is 1.25. The highest BCUT2D eigenvalue weighted by molar-refractivity contribution is 7.22. The van der Waals surface area contributed by atoms with E-state index in [1.165, 1.54) is 11.3 Å². The van der Waals surface area contributed by atoms with Gasteiger partial charge in [0.05, 0.1) is 5.00 Å². The van der Waals surface area contributed by atoms with Crippen molar-refractivity contribution in [2.45, 2.75) is 0 Å². The summed E-state index contributed by atoms with van der Waals surface area (Å²) in [5.74, 6) is 0. The summed E-state index contributed by atoms with van der Waals surface area (Å²) in [6.07, 6.45) is 0. The van der Waals surface area contributed by atoms with Crippen LogP contribution in [0, 0.1) is 0 Å². The molecule has 58 valence electrons. The molecule has 0 aliphatic rings. The summed E-state index contributed by atoms with van der Waals surface area (Å²) < 4.78 is 5.25. The van der Waals surface area contributed by atoms with Crippen molar-refractivity contribution in [3.05, 3.63) is 6.07 Å². The van der Waals surface area contributed by atoms with Gasteiger partial charge in [-0.1, -0.05) is 11.3 Å². The number of nitrogens with zero attached hydrogens (tertiary/aromatic N) is 1. The molecule has 0 atom stereocenters. The zero-order valence-electron chi connectivity index (χ0n) is 5.92. The number of nitrogen functional groups attached to an aromatic ring is 1. The molecule has 0 saturated carbocycles. The molecule has 2 aromatic rings. The number of nitrogens with one attached hydrogen (secondary N) is 1. The molecule has 11 heavy (non-hydrogen) atoms. The highest BCUT2D eigenvalue weighted by Crippen LogP contribution is 2.28. The maximum absolute atomic E-state index is 5.52. The molecule has 0 amide bonds. The Labute approximate surface area is 67.0 Å². The average molecular weight is 169 g/mol. The molecule has 3 N–H and O–H groups in total.